The van der Waals surface area contributed by atoms with Crippen LogP contribution in [0.1, 0.15) is 60.0 Å². The van der Waals surface area contributed by atoms with Gasteiger partial charge in [-0.1, -0.05) is 29.8 Å². The van der Waals surface area contributed by atoms with Crippen LogP contribution in [0, 0.1) is 6.92 Å². The van der Waals surface area contributed by atoms with Crippen LogP contribution in [0.5, 0.6) is 11.5 Å². The first-order chi connectivity index (χ1) is 24.3. The van der Waals surface area contributed by atoms with Gasteiger partial charge in [0.05, 0.1) is 12.4 Å². The summed E-state index contributed by atoms with van der Waals surface area (Å²) in [5.41, 5.74) is 13.4. The lowest BCUT2D eigenvalue weighted by molar-refractivity contribution is 0.0947. The van der Waals surface area contributed by atoms with E-state index >= 15 is 0 Å². The number of hydrogen-bond acceptors (Lipinski definition) is 6. The van der Waals surface area contributed by atoms with Crippen molar-refractivity contribution >= 4 is 46.0 Å². The number of hydrogen-bond donors (Lipinski definition) is 6. The number of rotatable bonds is 9. The van der Waals surface area contributed by atoms with E-state index in [1.54, 1.807) is 60.7 Å². The summed E-state index contributed by atoms with van der Waals surface area (Å²) in [6.07, 6.45) is 6.96. The third-order valence-electron chi connectivity index (χ3n) is 8.53. The lowest BCUT2D eigenvalue weighted by Crippen LogP contribution is -2.17. The number of nitrogens with zero attached hydrogens (tertiary/aromatic N) is 2. The summed E-state index contributed by atoms with van der Waals surface area (Å²) in [6.45, 7) is 2.04. The van der Waals surface area contributed by atoms with Gasteiger partial charge in [-0.25, -0.2) is 10.9 Å². The summed E-state index contributed by atoms with van der Waals surface area (Å²) in [6, 6.07) is 32.3. The molecule has 7 rings (SSSR count). The zero-order valence-electron chi connectivity index (χ0n) is 26.9. The fraction of sp³-hybridized carbons (Fsp3) is 0.0500. The van der Waals surface area contributed by atoms with Gasteiger partial charge >= 0.3 is 0 Å². The highest BCUT2D eigenvalue weighted by Crippen LogP contribution is 2.40. The van der Waals surface area contributed by atoms with E-state index in [4.69, 9.17) is 0 Å². The molecule has 0 aliphatic heterocycles. The summed E-state index contributed by atoms with van der Waals surface area (Å²) >= 11 is 0. The van der Waals surface area contributed by atoms with Crippen molar-refractivity contribution in [3.05, 3.63) is 166 Å². The predicted molar refractivity (Wildman–Crippen MR) is 195 cm³/mol. The summed E-state index contributed by atoms with van der Waals surface area (Å²) in [5.74, 6) is -0.683. The number of aromatic amines is 2. The normalized spacial score (nSPS) is 11.6. The third kappa shape index (κ3) is 6.71. The van der Waals surface area contributed by atoms with Crippen LogP contribution in [0.3, 0.4) is 0 Å². The molecule has 6 N–H and O–H groups in total. The molecule has 0 bridgehead atoms. The van der Waals surface area contributed by atoms with Crippen LogP contribution in [0.15, 0.2) is 132 Å². The maximum atomic E-state index is 13.2. The molecule has 0 saturated carbocycles. The lowest BCUT2D eigenvalue weighted by atomic mass is 9.84. The minimum Gasteiger partial charge on any atom is -0.508 e. The average molecular weight is 661 g/mol. The number of phenolic OH excluding ortho intramolecular Hbond substituents is 2. The van der Waals surface area contributed by atoms with Gasteiger partial charge in [-0.05, 0) is 120 Å². The Hall–Kier alpha value is -6.94. The Bertz CT molecular complexity index is 2240. The van der Waals surface area contributed by atoms with E-state index in [0.29, 0.717) is 11.1 Å². The van der Waals surface area contributed by atoms with Gasteiger partial charge in [0.15, 0.2) is 0 Å². The van der Waals surface area contributed by atoms with Gasteiger partial charge in [0.1, 0.15) is 11.5 Å². The molecule has 0 atom stereocenters. The maximum Gasteiger partial charge on any atom is 0.271 e. The first-order valence-corrected chi connectivity index (χ1v) is 15.9. The Kier molecular flexibility index (Phi) is 8.64. The first-order valence-electron chi connectivity index (χ1n) is 15.9. The van der Waals surface area contributed by atoms with E-state index in [9.17, 15) is 19.8 Å². The second-order valence-corrected chi connectivity index (χ2v) is 11.9. The molecule has 0 radical (unpaired) electrons. The van der Waals surface area contributed by atoms with E-state index in [0.717, 1.165) is 55.2 Å². The molecular formula is C40H32N6O4. The summed E-state index contributed by atoms with van der Waals surface area (Å²) < 4.78 is 0. The van der Waals surface area contributed by atoms with Gasteiger partial charge < -0.3 is 20.2 Å². The molecule has 10 nitrogen and oxygen atoms in total. The molecule has 246 valence electrons. The molecule has 0 aliphatic carbocycles. The molecule has 50 heavy (non-hydrogen) atoms. The predicted octanol–water partition coefficient (Wildman–Crippen LogP) is 7.08. The van der Waals surface area contributed by atoms with E-state index in [1.165, 1.54) is 12.4 Å². The summed E-state index contributed by atoms with van der Waals surface area (Å²) in [7, 11) is 0. The van der Waals surface area contributed by atoms with Gasteiger partial charge in [-0.15, -0.1) is 0 Å². The highest BCUT2D eigenvalue weighted by Gasteiger charge is 2.24. The molecule has 10 heteroatoms. The first kappa shape index (κ1) is 31.6. The molecule has 0 spiro atoms. The van der Waals surface area contributed by atoms with Gasteiger partial charge in [0, 0.05) is 51.2 Å². The van der Waals surface area contributed by atoms with Crippen molar-refractivity contribution in [2.24, 2.45) is 10.2 Å². The number of carbonyl (C=O) groups is 2. The monoisotopic (exact) mass is 660 g/mol. The van der Waals surface area contributed by atoms with Gasteiger partial charge in [0.2, 0.25) is 0 Å². The maximum absolute atomic E-state index is 13.2. The third-order valence-corrected chi connectivity index (χ3v) is 8.53. The number of aryl methyl sites for hydroxylation is 1. The van der Waals surface area contributed by atoms with Crippen molar-refractivity contribution in [3.8, 4) is 11.5 Å². The Morgan fingerprint density at radius 3 is 1.50 bits per heavy atom. The van der Waals surface area contributed by atoms with Crippen LogP contribution in [-0.2, 0) is 0 Å². The number of amides is 2. The molecule has 0 saturated heterocycles. The number of nitrogens with one attached hydrogen (secondary N) is 4. The molecule has 0 unspecified atom stereocenters. The van der Waals surface area contributed by atoms with Crippen LogP contribution in [0.4, 0.5) is 0 Å². The number of H-pyrrole nitrogens is 2. The van der Waals surface area contributed by atoms with Gasteiger partial charge in [0.25, 0.3) is 11.8 Å². The molecular weight excluding hydrogens is 628 g/mol. The van der Waals surface area contributed by atoms with Crippen molar-refractivity contribution in [3.63, 3.8) is 0 Å². The van der Waals surface area contributed by atoms with E-state index in [2.05, 4.69) is 55.3 Å². The Labute approximate surface area is 286 Å². The number of benzene rings is 5. The van der Waals surface area contributed by atoms with Gasteiger partial charge in [-0.3, -0.25) is 9.59 Å². The number of aromatic nitrogens is 2. The summed E-state index contributed by atoms with van der Waals surface area (Å²) in [5, 5.41) is 28.9. The zero-order valence-corrected chi connectivity index (χ0v) is 26.9. The Balaban J connectivity index is 1.22. The fourth-order valence-electron chi connectivity index (χ4n) is 5.91. The quantitative estimate of drug-likeness (QED) is 0.0723. The van der Waals surface area contributed by atoms with Crippen molar-refractivity contribution in [2.45, 2.75) is 12.8 Å². The van der Waals surface area contributed by atoms with Crippen LogP contribution >= 0.6 is 0 Å². The average Bonchev–Trinajstić information content (AvgIpc) is 3.75. The van der Waals surface area contributed by atoms with Crippen LogP contribution in [0.25, 0.3) is 21.8 Å². The standard InChI is InChI=1S/C40H32N6O4/c1-24-2-8-27(9-3-24)38(34-22-41-36-16-10-28(18-32(34)36)39(49)45-43-20-25-4-12-30(47)13-5-25)35-23-42-37-17-11-29(19-33(35)37)40(50)46-44-21-26-6-14-31(48)15-7-26/h2-23,38,41-42,47-48H,1H3,(H,45,49)(H,46,50)/b43-20+,44-21+. The number of aromatic hydroxyl groups is 2. The second kappa shape index (κ2) is 13.7. The topological polar surface area (TPSA) is 155 Å². The minimum absolute atomic E-state index is 0.150. The number of fused-ring (bicyclic) bond motifs is 2. The van der Waals surface area contributed by atoms with E-state index in [-0.39, 0.29) is 29.2 Å². The molecule has 5 aromatic carbocycles. The van der Waals surface area contributed by atoms with Gasteiger partial charge in [-0.2, -0.15) is 10.2 Å². The largest absolute Gasteiger partial charge is 0.508 e. The Morgan fingerprint density at radius 1 is 0.620 bits per heavy atom. The SMILES string of the molecule is Cc1ccc(C(c2c[nH]c3ccc(C(=O)N/N=C/c4ccc(O)cc4)cc23)c2c[nH]c3ccc(C(=O)N/N=C/c4ccc(O)cc4)cc23)cc1. The van der Waals surface area contributed by atoms with Crippen molar-refractivity contribution < 1.29 is 19.8 Å². The molecule has 7 aromatic rings. The number of carbonyl (C=O) groups excluding carboxylic acids is 2. The highest BCUT2D eigenvalue weighted by atomic mass is 16.3. The lowest BCUT2D eigenvalue weighted by Gasteiger charge is -2.18. The van der Waals surface area contributed by atoms with E-state index < -0.39 is 0 Å². The molecule has 2 heterocycles. The van der Waals surface area contributed by atoms with Crippen molar-refractivity contribution in [2.75, 3.05) is 0 Å². The highest BCUT2D eigenvalue weighted by molar-refractivity contribution is 6.01. The second-order valence-electron chi connectivity index (χ2n) is 11.9. The number of hydrazone groups is 2. The number of phenols is 2. The Morgan fingerprint density at radius 2 is 1.06 bits per heavy atom. The minimum atomic E-state index is -0.364. The van der Waals surface area contributed by atoms with Crippen molar-refractivity contribution in [1.82, 2.24) is 20.8 Å². The molecule has 2 amide bonds. The molecule has 2 aromatic heterocycles. The molecule has 0 aliphatic rings. The smallest absolute Gasteiger partial charge is 0.271 e. The van der Waals surface area contributed by atoms with Crippen LogP contribution < -0.4 is 10.9 Å². The van der Waals surface area contributed by atoms with Crippen LogP contribution in [0.2, 0.25) is 0 Å². The van der Waals surface area contributed by atoms with Crippen molar-refractivity contribution in [1.29, 1.82) is 0 Å². The summed E-state index contributed by atoms with van der Waals surface area (Å²) in [4.78, 5) is 33.1. The molecule has 0 fully saturated rings. The fourth-order valence-corrected chi connectivity index (χ4v) is 5.91. The zero-order chi connectivity index (χ0) is 34.6. The van der Waals surface area contributed by atoms with E-state index in [1.807, 2.05) is 43.6 Å². The van der Waals surface area contributed by atoms with Crippen LogP contribution in [-0.4, -0.2) is 44.4 Å².